The lowest BCUT2D eigenvalue weighted by Gasteiger charge is -2.13. The Morgan fingerprint density at radius 3 is 2.16 bits per heavy atom. The molecule has 0 bridgehead atoms. The van der Waals surface area contributed by atoms with Crippen LogP contribution in [0.25, 0.3) is 0 Å². The highest BCUT2D eigenvalue weighted by Crippen LogP contribution is 2.23. The van der Waals surface area contributed by atoms with E-state index in [1.165, 1.54) is 11.0 Å². The van der Waals surface area contributed by atoms with E-state index in [0.29, 0.717) is 22.4 Å². The summed E-state index contributed by atoms with van der Waals surface area (Å²) in [5.74, 6) is -0.764. The molecule has 3 aromatic carbocycles. The van der Waals surface area contributed by atoms with Crippen molar-refractivity contribution in [1.29, 1.82) is 0 Å². The highest BCUT2D eigenvalue weighted by atomic mass is 35.5. The Bertz CT molecular complexity index is 1210. The molecule has 0 heterocycles. The first-order chi connectivity index (χ1) is 14.7. The zero-order valence-corrected chi connectivity index (χ0v) is 18.6. The molecule has 0 aliphatic carbocycles. The van der Waals surface area contributed by atoms with Crippen LogP contribution < -0.4 is 5.32 Å². The van der Waals surface area contributed by atoms with Crippen molar-refractivity contribution < 1.29 is 18.0 Å². The van der Waals surface area contributed by atoms with E-state index in [1.807, 2.05) is 0 Å². The third-order valence-electron chi connectivity index (χ3n) is 4.54. The van der Waals surface area contributed by atoms with Crippen molar-refractivity contribution in [3.63, 3.8) is 0 Å². The Balaban J connectivity index is 1.70. The van der Waals surface area contributed by atoms with Crippen LogP contribution in [0.1, 0.15) is 26.3 Å². The van der Waals surface area contributed by atoms with Crippen molar-refractivity contribution in [3.05, 3.63) is 94.5 Å². The molecule has 0 fully saturated rings. The molecular formula is C23H21ClN2O4S. The molecule has 0 aliphatic rings. The largest absolute Gasteiger partial charge is 0.345 e. The molecule has 3 aromatic rings. The summed E-state index contributed by atoms with van der Waals surface area (Å²) in [6.45, 7) is 0. The van der Waals surface area contributed by atoms with Crippen molar-refractivity contribution in [3.8, 4) is 0 Å². The highest BCUT2D eigenvalue weighted by Gasteiger charge is 2.16. The van der Waals surface area contributed by atoms with Crippen molar-refractivity contribution in [1.82, 2.24) is 4.90 Å². The van der Waals surface area contributed by atoms with Gasteiger partial charge in [0.25, 0.3) is 11.8 Å². The second-order valence-electron chi connectivity index (χ2n) is 7.12. The van der Waals surface area contributed by atoms with E-state index in [2.05, 4.69) is 5.32 Å². The fourth-order valence-corrected chi connectivity index (χ4v) is 4.52. The van der Waals surface area contributed by atoms with Gasteiger partial charge in [0.1, 0.15) is 0 Å². The smallest absolute Gasteiger partial charge is 0.255 e. The molecule has 0 atom stereocenters. The topological polar surface area (TPSA) is 83.6 Å². The molecule has 3 rings (SSSR count). The van der Waals surface area contributed by atoms with Crippen LogP contribution in [0.3, 0.4) is 0 Å². The average Bonchev–Trinajstić information content (AvgIpc) is 2.74. The van der Waals surface area contributed by atoms with Crippen molar-refractivity contribution in [2.24, 2.45) is 0 Å². The van der Waals surface area contributed by atoms with Gasteiger partial charge in [-0.2, -0.15) is 0 Å². The van der Waals surface area contributed by atoms with Crippen molar-refractivity contribution in [2.75, 3.05) is 19.4 Å². The van der Waals surface area contributed by atoms with Gasteiger partial charge in [-0.3, -0.25) is 9.59 Å². The second-order valence-corrected chi connectivity index (χ2v) is 9.51. The van der Waals surface area contributed by atoms with Gasteiger partial charge in [-0.05, 0) is 48.0 Å². The minimum absolute atomic E-state index is 0.157. The maximum Gasteiger partial charge on any atom is 0.255 e. The average molecular weight is 457 g/mol. The molecule has 0 unspecified atom stereocenters. The van der Waals surface area contributed by atoms with Gasteiger partial charge in [-0.1, -0.05) is 41.9 Å². The molecule has 2 amide bonds. The fraction of sp³-hybridized carbons (Fsp3) is 0.130. The highest BCUT2D eigenvalue weighted by molar-refractivity contribution is 7.90. The second kappa shape index (κ2) is 9.32. The molecule has 8 heteroatoms. The van der Waals surface area contributed by atoms with Crippen LogP contribution in [0.2, 0.25) is 5.02 Å². The molecule has 0 saturated heterocycles. The van der Waals surface area contributed by atoms with E-state index in [0.717, 1.165) is 0 Å². The van der Waals surface area contributed by atoms with Gasteiger partial charge in [0.05, 0.1) is 21.2 Å². The zero-order chi connectivity index (χ0) is 22.6. The first-order valence-corrected chi connectivity index (χ1v) is 11.4. The van der Waals surface area contributed by atoms with E-state index in [4.69, 9.17) is 11.6 Å². The van der Waals surface area contributed by atoms with Gasteiger partial charge in [-0.25, -0.2) is 8.42 Å². The van der Waals surface area contributed by atoms with Crippen LogP contribution in [0.4, 0.5) is 5.69 Å². The number of hydrogen-bond donors (Lipinski definition) is 1. The number of rotatable bonds is 6. The number of carbonyl (C=O) groups is 2. The normalized spacial score (nSPS) is 11.1. The quantitative estimate of drug-likeness (QED) is 0.600. The summed E-state index contributed by atoms with van der Waals surface area (Å²) in [4.78, 5) is 26.2. The van der Waals surface area contributed by atoms with Gasteiger partial charge < -0.3 is 10.2 Å². The number of anilines is 1. The summed E-state index contributed by atoms with van der Waals surface area (Å²) in [6, 6.07) is 19.2. The van der Waals surface area contributed by atoms with Crippen molar-refractivity contribution >= 4 is 38.9 Å². The van der Waals surface area contributed by atoms with Gasteiger partial charge in [0, 0.05) is 25.3 Å². The third kappa shape index (κ3) is 5.51. The van der Waals surface area contributed by atoms with E-state index >= 15 is 0 Å². The Morgan fingerprint density at radius 1 is 0.935 bits per heavy atom. The monoisotopic (exact) mass is 456 g/mol. The Kier molecular flexibility index (Phi) is 6.77. The summed E-state index contributed by atoms with van der Waals surface area (Å²) < 4.78 is 25.0. The number of nitrogens with one attached hydrogen (secondary N) is 1. The van der Waals surface area contributed by atoms with Crippen LogP contribution in [-0.2, 0) is 15.6 Å². The molecule has 1 N–H and O–H groups in total. The zero-order valence-electron chi connectivity index (χ0n) is 17.0. The lowest BCUT2D eigenvalue weighted by atomic mass is 10.1. The maximum atomic E-state index is 12.5. The minimum atomic E-state index is -3.46. The van der Waals surface area contributed by atoms with Gasteiger partial charge in [0.2, 0.25) is 0 Å². The Morgan fingerprint density at radius 2 is 1.58 bits per heavy atom. The number of hydrogen-bond acceptors (Lipinski definition) is 4. The lowest BCUT2D eigenvalue weighted by Crippen LogP contribution is -2.22. The third-order valence-corrected chi connectivity index (χ3v) is 6.56. The van der Waals surface area contributed by atoms with E-state index in [-0.39, 0.29) is 27.5 Å². The number of amides is 2. The fourth-order valence-electron chi connectivity index (χ4n) is 2.89. The predicted molar refractivity (Wildman–Crippen MR) is 121 cm³/mol. The van der Waals surface area contributed by atoms with Crippen molar-refractivity contribution in [2.45, 2.75) is 10.6 Å². The lowest BCUT2D eigenvalue weighted by molar-refractivity contribution is 0.0827. The number of halogens is 1. The molecule has 0 saturated carbocycles. The number of carbonyl (C=O) groups excluding carboxylic acids is 2. The summed E-state index contributed by atoms with van der Waals surface area (Å²) in [7, 11) is -0.207. The SMILES string of the molecule is CN(C)C(=O)c1ccc(NC(=O)c2ccc(CS(=O)(=O)c3ccccc3)cc2)cc1Cl. The van der Waals surface area contributed by atoms with Gasteiger partial charge in [-0.15, -0.1) is 0 Å². The van der Waals surface area contributed by atoms with E-state index in [9.17, 15) is 18.0 Å². The van der Waals surface area contributed by atoms with Gasteiger partial charge in [0.15, 0.2) is 9.84 Å². The number of nitrogens with zero attached hydrogens (tertiary/aromatic N) is 1. The van der Waals surface area contributed by atoms with Crippen LogP contribution in [0.15, 0.2) is 77.7 Å². The van der Waals surface area contributed by atoms with Crippen LogP contribution >= 0.6 is 11.6 Å². The van der Waals surface area contributed by atoms with Crippen LogP contribution in [0.5, 0.6) is 0 Å². The first-order valence-electron chi connectivity index (χ1n) is 9.37. The molecule has 6 nitrogen and oxygen atoms in total. The summed E-state index contributed by atoms with van der Waals surface area (Å²) in [6.07, 6.45) is 0. The summed E-state index contributed by atoms with van der Waals surface area (Å²) >= 11 is 6.17. The molecule has 160 valence electrons. The molecular weight excluding hydrogens is 436 g/mol. The maximum absolute atomic E-state index is 12.5. The molecule has 0 radical (unpaired) electrons. The first kappa shape index (κ1) is 22.5. The standard InChI is InChI=1S/C23H21ClN2O4S/c1-26(2)23(28)20-13-12-18(14-21(20)24)25-22(27)17-10-8-16(9-11-17)15-31(29,30)19-6-4-3-5-7-19/h3-14H,15H2,1-2H3,(H,25,27). The molecule has 0 aliphatic heterocycles. The number of benzene rings is 3. The minimum Gasteiger partial charge on any atom is -0.345 e. The van der Waals surface area contributed by atoms with Crippen LogP contribution in [-0.4, -0.2) is 39.2 Å². The Labute approximate surface area is 186 Å². The van der Waals surface area contributed by atoms with Gasteiger partial charge >= 0.3 is 0 Å². The molecule has 31 heavy (non-hydrogen) atoms. The van der Waals surface area contributed by atoms with E-state index in [1.54, 1.807) is 80.8 Å². The molecule has 0 aromatic heterocycles. The summed E-state index contributed by atoms with van der Waals surface area (Å²) in [5, 5.41) is 2.96. The van der Waals surface area contributed by atoms with E-state index < -0.39 is 9.84 Å². The molecule has 0 spiro atoms. The number of sulfone groups is 1. The predicted octanol–water partition coefficient (Wildman–Crippen LogP) is 4.27. The summed E-state index contributed by atoms with van der Waals surface area (Å²) in [5.41, 5.74) is 1.73. The van der Waals surface area contributed by atoms with Crippen LogP contribution in [0, 0.1) is 0 Å². The Hall–Kier alpha value is -3.16.